The summed E-state index contributed by atoms with van der Waals surface area (Å²) in [4.78, 5) is 10.1. The fourth-order valence-corrected chi connectivity index (χ4v) is 3.74. The monoisotopic (exact) mass is 386 g/mol. The van der Waals surface area contributed by atoms with Gasteiger partial charge in [0.15, 0.2) is 6.61 Å². The van der Waals surface area contributed by atoms with E-state index >= 15 is 0 Å². The molecule has 0 bridgehead atoms. The molecule has 5 nitrogen and oxygen atoms in total. The Labute approximate surface area is 170 Å². The molecule has 2 aromatic heterocycles. The molecule has 5 heteroatoms. The highest BCUT2D eigenvalue weighted by atomic mass is 16.6. The molecule has 2 aromatic carbocycles. The van der Waals surface area contributed by atoms with Gasteiger partial charge >= 0.3 is 0 Å². The Bertz CT molecular complexity index is 1210. The van der Waals surface area contributed by atoms with E-state index in [1.165, 1.54) is 16.6 Å². The molecule has 0 aliphatic carbocycles. The number of aryl methyl sites for hydroxylation is 3. The van der Waals surface area contributed by atoms with Crippen LogP contribution in [-0.2, 0) is 18.0 Å². The lowest BCUT2D eigenvalue weighted by atomic mass is 10.0. The molecule has 0 unspecified atom stereocenters. The summed E-state index contributed by atoms with van der Waals surface area (Å²) in [6.45, 7) is 6.18. The number of fused-ring (bicyclic) bond motifs is 2. The minimum Gasteiger partial charge on any atom is -0.389 e. The van der Waals surface area contributed by atoms with Gasteiger partial charge in [0, 0.05) is 23.5 Å². The zero-order valence-corrected chi connectivity index (χ0v) is 16.9. The molecule has 29 heavy (non-hydrogen) atoms. The van der Waals surface area contributed by atoms with Gasteiger partial charge in [-0.2, -0.15) is 0 Å². The lowest BCUT2D eigenvalue weighted by Gasteiger charge is -2.18. The summed E-state index contributed by atoms with van der Waals surface area (Å²) < 4.78 is 2.37. The second-order valence-electron chi connectivity index (χ2n) is 7.25. The van der Waals surface area contributed by atoms with E-state index < -0.39 is 0 Å². The van der Waals surface area contributed by atoms with Gasteiger partial charge in [0.25, 0.3) is 0 Å². The van der Waals surface area contributed by atoms with Crippen LogP contribution in [0.3, 0.4) is 0 Å². The van der Waals surface area contributed by atoms with Crippen LogP contribution in [0.4, 0.5) is 0 Å². The molecule has 0 amide bonds. The molecule has 0 atom stereocenters. The van der Waals surface area contributed by atoms with Crippen LogP contribution >= 0.6 is 0 Å². The van der Waals surface area contributed by atoms with E-state index in [1.807, 2.05) is 24.3 Å². The molecule has 148 valence electrons. The third-order valence-electron chi connectivity index (χ3n) is 5.36. The molecule has 0 saturated carbocycles. The molecule has 0 aliphatic heterocycles. The zero-order chi connectivity index (χ0) is 20.2. The number of rotatable bonds is 6. The van der Waals surface area contributed by atoms with Crippen molar-refractivity contribution in [3.05, 3.63) is 83.0 Å². The smallest absolute Gasteiger partial charge is 0.159 e. The Morgan fingerprint density at radius 2 is 1.83 bits per heavy atom. The molecule has 0 spiro atoms. The van der Waals surface area contributed by atoms with Gasteiger partial charge in [-0.1, -0.05) is 41.6 Å². The first-order chi connectivity index (χ1) is 14.2. The summed E-state index contributed by atoms with van der Waals surface area (Å²) in [5.74, 6) is 0. The summed E-state index contributed by atoms with van der Waals surface area (Å²) in [6.07, 6.45) is 2.68. The van der Waals surface area contributed by atoms with Crippen molar-refractivity contribution in [3.8, 4) is 0 Å². The summed E-state index contributed by atoms with van der Waals surface area (Å²) >= 11 is 0. The summed E-state index contributed by atoms with van der Waals surface area (Å²) in [6, 6.07) is 18.4. The Morgan fingerprint density at radius 3 is 2.62 bits per heavy atom. The largest absolute Gasteiger partial charge is 0.389 e. The second kappa shape index (κ2) is 8.45. The Balaban J connectivity index is 1.95. The van der Waals surface area contributed by atoms with E-state index in [9.17, 15) is 0 Å². The number of pyridine rings is 2. The van der Waals surface area contributed by atoms with Gasteiger partial charge in [0.05, 0.1) is 16.7 Å². The van der Waals surface area contributed by atoms with Crippen molar-refractivity contribution in [1.82, 2.24) is 9.55 Å². The minimum atomic E-state index is 0.337. The Morgan fingerprint density at radius 1 is 1.00 bits per heavy atom. The van der Waals surface area contributed by atoms with Crippen LogP contribution in [0.25, 0.3) is 21.8 Å². The molecule has 0 radical (unpaired) electrons. The summed E-state index contributed by atoms with van der Waals surface area (Å²) in [5, 5.41) is 7.59. The average molecular weight is 386 g/mol. The minimum absolute atomic E-state index is 0.337. The Kier molecular flexibility index (Phi) is 5.58. The summed E-state index contributed by atoms with van der Waals surface area (Å²) in [5.41, 5.74) is 11.5. The molecule has 2 heterocycles. The summed E-state index contributed by atoms with van der Waals surface area (Å²) in [7, 11) is 0. The second-order valence-corrected chi connectivity index (χ2v) is 7.25. The van der Waals surface area contributed by atoms with E-state index in [4.69, 9.17) is 10.6 Å². The van der Waals surface area contributed by atoms with Crippen LogP contribution < -0.4 is 11.1 Å². The van der Waals surface area contributed by atoms with Gasteiger partial charge in [-0.15, -0.1) is 0 Å². The van der Waals surface area contributed by atoms with E-state index in [1.54, 1.807) is 6.20 Å². The predicted octanol–water partition coefficient (Wildman–Crippen LogP) is 4.19. The SMILES string of the molecule is Cc1ccc2c(=NOCc3ccccn3)c3ccccc3n(CCCN)c2c1C. The third-order valence-corrected chi connectivity index (χ3v) is 5.36. The first-order valence-electron chi connectivity index (χ1n) is 9.98. The van der Waals surface area contributed by atoms with Gasteiger partial charge in [0.2, 0.25) is 0 Å². The maximum Gasteiger partial charge on any atom is 0.159 e. The van der Waals surface area contributed by atoms with Crippen LogP contribution in [0.15, 0.2) is 65.9 Å². The zero-order valence-electron chi connectivity index (χ0n) is 16.9. The average Bonchev–Trinajstić information content (AvgIpc) is 2.76. The quantitative estimate of drug-likeness (QED) is 0.399. The topological polar surface area (TPSA) is 65.4 Å². The van der Waals surface area contributed by atoms with E-state index in [0.29, 0.717) is 13.2 Å². The highest BCUT2D eigenvalue weighted by Crippen LogP contribution is 2.25. The van der Waals surface area contributed by atoms with Gasteiger partial charge in [0.1, 0.15) is 5.36 Å². The first-order valence-corrected chi connectivity index (χ1v) is 9.98. The van der Waals surface area contributed by atoms with E-state index in [2.05, 4.69) is 58.9 Å². The highest BCUT2D eigenvalue weighted by molar-refractivity contribution is 5.95. The number of hydrogen-bond acceptors (Lipinski definition) is 4. The van der Waals surface area contributed by atoms with Gasteiger partial charge in [-0.25, -0.2) is 0 Å². The van der Waals surface area contributed by atoms with Crippen molar-refractivity contribution in [1.29, 1.82) is 0 Å². The number of aromatic nitrogens is 2. The van der Waals surface area contributed by atoms with Gasteiger partial charge < -0.3 is 15.1 Å². The number of nitrogens with zero attached hydrogens (tertiary/aromatic N) is 3. The van der Waals surface area contributed by atoms with Crippen molar-refractivity contribution in [2.24, 2.45) is 10.9 Å². The van der Waals surface area contributed by atoms with Crippen molar-refractivity contribution < 1.29 is 4.84 Å². The van der Waals surface area contributed by atoms with Crippen LogP contribution in [0, 0.1) is 13.8 Å². The number of nitrogens with two attached hydrogens (primary N) is 1. The molecule has 0 aliphatic rings. The molecule has 2 N–H and O–H groups in total. The molecule has 4 aromatic rings. The molecule has 4 rings (SSSR count). The fourth-order valence-electron chi connectivity index (χ4n) is 3.74. The number of hydrogen-bond donors (Lipinski definition) is 1. The van der Waals surface area contributed by atoms with Crippen LogP contribution in [-0.4, -0.2) is 16.1 Å². The number of para-hydroxylation sites is 1. The predicted molar refractivity (Wildman–Crippen MR) is 117 cm³/mol. The van der Waals surface area contributed by atoms with Crippen LogP contribution in [0.1, 0.15) is 23.2 Å². The highest BCUT2D eigenvalue weighted by Gasteiger charge is 2.13. The standard InChI is InChI=1S/C24H26N4O/c1-17-11-12-21-23(27-29-16-19-8-5-6-14-26-19)20-9-3-4-10-22(20)28(15-7-13-25)24(21)18(17)2/h3-6,8-12,14H,7,13,15-16,25H2,1-2H3. The van der Waals surface area contributed by atoms with Crippen molar-refractivity contribution in [2.45, 2.75) is 33.4 Å². The molecular weight excluding hydrogens is 360 g/mol. The van der Waals surface area contributed by atoms with Crippen molar-refractivity contribution in [2.75, 3.05) is 6.54 Å². The maximum atomic E-state index is 5.83. The van der Waals surface area contributed by atoms with E-state index in [0.717, 1.165) is 40.3 Å². The third kappa shape index (κ3) is 3.74. The maximum absolute atomic E-state index is 5.83. The van der Waals surface area contributed by atoms with Gasteiger partial charge in [-0.05, 0) is 56.1 Å². The lowest BCUT2D eigenvalue weighted by Crippen LogP contribution is -2.16. The molecular formula is C24H26N4O. The Hall–Kier alpha value is -3.18. The normalized spacial score (nSPS) is 12.0. The van der Waals surface area contributed by atoms with Crippen LogP contribution in [0.2, 0.25) is 0 Å². The van der Waals surface area contributed by atoms with Gasteiger partial charge in [-0.3, -0.25) is 4.98 Å². The fraction of sp³-hybridized carbons (Fsp3) is 0.250. The first kappa shape index (κ1) is 19.2. The molecule has 0 fully saturated rings. The number of benzene rings is 2. The molecule has 0 saturated heterocycles. The van der Waals surface area contributed by atoms with E-state index in [-0.39, 0.29) is 0 Å². The van der Waals surface area contributed by atoms with Crippen LogP contribution in [0.5, 0.6) is 0 Å². The van der Waals surface area contributed by atoms with Crippen molar-refractivity contribution >= 4 is 21.8 Å². The van der Waals surface area contributed by atoms with Crippen molar-refractivity contribution in [3.63, 3.8) is 0 Å². The lowest BCUT2D eigenvalue weighted by molar-refractivity contribution is 0.118.